The average molecular weight is 225 g/mol. The number of hydrogen-bond donors (Lipinski definition) is 1. The molecule has 0 bridgehead atoms. The van der Waals surface area contributed by atoms with Gasteiger partial charge in [-0.2, -0.15) is 0 Å². The Balaban J connectivity index is 3.19. The molecule has 1 aromatic rings. The van der Waals surface area contributed by atoms with Crippen LogP contribution in [0, 0.1) is 0 Å². The summed E-state index contributed by atoms with van der Waals surface area (Å²) >= 11 is 5.77. The van der Waals surface area contributed by atoms with Crippen LogP contribution in [0.2, 0.25) is 5.02 Å². The Labute approximate surface area is 94.2 Å². The largest absolute Gasteiger partial charge is 0.478 e. The molecule has 3 heteroatoms. The summed E-state index contributed by atoms with van der Waals surface area (Å²) in [5, 5.41) is 9.57. The molecule has 0 unspecified atom stereocenters. The van der Waals surface area contributed by atoms with Gasteiger partial charge in [0.2, 0.25) is 0 Å². The highest BCUT2D eigenvalue weighted by Crippen LogP contribution is 2.23. The third-order valence-electron chi connectivity index (χ3n) is 2.32. The lowest BCUT2D eigenvalue weighted by Gasteiger charge is -2.07. The minimum absolute atomic E-state index is 0.389. The number of carboxylic acid groups (broad SMARTS) is 1. The lowest BCUT2D eigenvalue weighted by atomic mass is 9.98. The Bertz CT molecular complexity index is 391. The quantitative estimate of drug-likeness (QED) is 0.797. The Morgan fingerprint density at radius 3 is 2.27 bits per heavy atom. The number of rotatable bonds is 3. The molecule has 2 nitrogen and oxygen atoms in total. The molecule has 0 fully saturated rings. The maximum atomic E-state index is 10.9. The fourth-order valence-electron chi connectivity index (χ4n) is 1.47. The lowest BCUT2D eigenvalue weighted by Crippen LogP contribution is -2.00. The summed E-state index contributed by atoms with van der Waals surface area (Å²) in [6.07, 6.45) is 0.694. The summed E-state index contributed by atoms with van der Waals surface area (Å²) in [7, 11) is 0. The van der Waals surface area contributed by atoms with Crippen LogP contribution in [0.15, 0.2) is 29.8 Å². The van der Waals surface area contributed by atoms with Gasteiger partial charge < -0.3 is 5.11 Å². The van der Waals surface area contributed by atoms with Gasteiger partial charge in [0.05, 0.1) is 0 Å². The molecule has 80 valence electrons. The molecule has 1 rings (SSSR count). The molecule has 0 atom stereocenters. The number of aliphatic carboxylic acids is 1. The van der Waals surface area contributed by atoms with E-state index in [0.717, 1.165) is 11.1 Å². The summed E-state index contributed by atoms with van der Waals surface area (Å²) in [5.74, 6) is -0.873. The minimum Gasteiger partial charge on any atom is -0.478 e. The molecule has 0 saturated carbocycles. The second kappa shape index (κ2) is 4.99. The SMILES string of the molecule is CCC(=C(C)C(=O)O)c1ccc(Cl)cc1. The molecular formula is C12H13ClO2. The Kier molecular flexibility index (Phi) is 3.92. The van der Waals surface area contributed by atoms with E-state index in [1.807, 2.05) is 19.1 Å². The summed E-state index contributed by atoms with van der Waals surface area (Å²) in [4.78, 5) is 10.9. The van der Waals surface area contributed by atoms with Crippen molar-refractivity contribution in [2.45, 2.75) is 20.3 Å². The van der Waals surface area contributed by atoms with Crippen LogP contribution < -0.4 is 0 Å². The predicted octanol–water partition coefficient (Wildman–Crippen LogP) is 3.61. The first kappa shape index (κ1) is 11.8. The average Bonchev–Trinajstić information content (AvgIpc) is 2.21. The van der Waals surface area contributed by atoms with Gasteiger partial charge in [-0.1, -0.05) is 30.7 Å². The molecule has 0 radical (unpaired) electrons. The van der Waals surface area contributed by atoms with Crippen LogP contribution >= 0.6 is 11.6 Å². The first-order valence-electron chi connectivity index (χ1n) is 4.75. The van der Waals surface area contributed by atoms with E-state index >= 15 is 0 Å². The molecule has 0 amide bonds. The highest BCUT2D eigenvalue weighted by Gasteiger charge is 2.09. The third-order valence-corrected chi connectivity index (χ3v) is 2.57. The molecule has 0 saturated heterocycles. The van der Waals surface area contributed by atoms with Gasteiger partial charge in [0, 0.05) is 10.6 Å². The molecule has 1 N–H and O–H groups in total. The fourth-order valence-corrected chi connectivity index (χ4v) is 1.59. The Hall–Kier alpha value is -1.28. The van der Waals surface area contributed by atoms with Crippen molar-refractivity contribution in [3.05, 3.63) is 40.4 Å². The van der Waals surface area contributed by atoms with Crippen molar-refractivity contribution in [1.29, 1.82) is 0 Å². The van der Waals surface area contributed by atoms with E-state index in [1.54, 1.807) is 19.1 Å². The van der Waals surface area contributed by atoms with Crippen LogP contribution in [0.3, 0.4) is 0 Å². The van der Waals surface area contributed by atoms with Gasteiger partial charge in [-0.15, -0.1) is 0 Å². The fraction of sp³-hybridized carbons (Fsp3) is 0.250. The van der Waals surface area contributed by atoms with E-state index in [-0.39, 0.29) is 0 Å². The molecule has 0 aliphatic carbocycles. The van der Waals surface area contributed by atoms with Crippen LogP contribution in [-0.2, 0) is 4.79 Å². The van der Waals surface area contributed by atoms with Gasteiger partial charge in [0.1, 0.15) is 0 Å². The first-order chi connectivity index (χ1) is 7.06. The van der Waals surface area contributed by atoms with Crippen molar-refractivity contribution in [2.75, 3.05) is 0 Å². The van der Waals surface area contributed by atoms with Crippen LogP contribution in [0.25, 0.3) is 5.57 Å². The van der Waals surface area contributed by atoms with E-state index in [2.05, 4.69) is 0 Å². The molecule has 0 aliphatic rings. The van der Waals surface area contributed by atoms with Crippen molar-refractivity contribution < 1.29 is 9.90 Å². The summed E-state index contributed by atoms with van der Waals surface area (Å²) < 4.78 is 0. The van der Waals surface area contributed by atoms with Crippen LogP contribution in [-0.4, -0.2) is 11.1 Å². The number of allylic oxidation sites excluding steroid dienone is 1. The molecule has 1 aromatic carbocycles. The maximum Gasteiger partial charge on any atom is 0.331 e. The van der Waals surface area contributed by atoms with Crippen LogP contribution in [0.5, 0.6) is 0 Å². The van der Waals surface area contributed by atoms with Crippen molar-refractivity contribution in [3.8, 4) is 0 Å². The van der Waals surface area contributed by atoms with Gasteiger partial charge >= 0.3 is 5.97 Å². The summed E-state index contributed by atoms with van der Waals surface area (Å²) in [6, 6.07) is 7.21. The Morgan fingerprint density at radius 1 is 1.33 bits per heavy atom. The van der Waals surface area contributed by atoms with Crippen molar-refractivity contribution in [3.63, 3.8) is 0 Å². The number of carbonyl (C=O) groups is 1. The molecular weight excluding hydrogens is 212 g/mol. The van der Waals surface area contributed by atoms with E-state index in [9.17, 15) is 4.79 Å². The number of halogens is 1. The van der Waals surface area contributed by atoms with Crippen molar-refractivity contribution >= 4 is 23.1 Å². The van der Waals surface area contributed by atoms with Gasteiger partial charge in [-0.05, 0) is 36.6 Å². The number of carboxylic acids is 1. The van der Waals surface area contributed by atoms with E-state index in [1.165, 1.54) is 0 Å². The van der Waals surface area contributed by atoms with Crippen LogP contribution in [0.1, 0.15) is 25.8 Å². The standard InChI is InChI=1S/C12H13ClO2/c1-3-11(8(2)12(14)15)9-4-6-10(13)7-5-9/h4-7H,3H2,1-2H3,(H,14,15). The van der Waals surface area contributed by atoms with Gasteiger partial charge in [-0.25, -0.2) is 4.79 Å². The highest BCUT2D eigenvalue weighted by atomic mass is 35.5. The zero-order valence-electron chi connectivity index (χ0n) is 8.75. The maximum absolute atomic E-state index is 10.9. The van der Waals surface area contributed by atoms with E-state index in [4.69, 9.17) is 16.7 Å². The third kappa shape index (κ3) is 2.83. The second-order valence-corrected chi connectivity index (χ2v) is 3.71. The smallest absolute Gasteiger partial charge is 0.331 e. The lowest BCUT2D eigenvalue weighted by molar-refractivity contribution is -0.132. The van der Waals surface area contributed by atoms with Crippen molar-refractivity contribution in [2.24, 2.45) is 0 Å². The van der Waals surface area contributed by atoms with Gasteiger partial charge in [0.15, 0.2) is 0 Å². The normalized spacial score (nSPS) is 12.2. The zero-order chi connectivity index (χ0) is 11.4. The molecule has 0 aromatic heterocycles. The van der Waals surface area contributed by atoms with Gasteiger partial charge in [0.25, 0.3) is 0 Å². The molecule has 0 aliphatic heterocycles. The first-order valence-corrected chi connectivity index (χ1v) is 5.13. The monoisotopic (exact) mass is 224 g/mol. The zero-order valence-corrected chi connectivity index (χ0v) is 9.51. The highest BCUT2D eigenvalue weighted by molar-refractivity contribution is 6.30. The number of benzene rings is 1. The molecule has 15 heavy (non-hydrogen) atoms. The minimum atomic E-state index is -0.873. The Morgan fingerprint density at radius 2 is 1.87 bits per heavy atom. The van der Waals surface area contributed by atoms with Crippen molar-refractivity contribution in [1.82, 2.24) is 0 Å². The molecule has 0 heterocycles. The van der Waals surface area contributed by atoms with E-state index < -0.39 is 5.97 Å². The van der Waals surface area contributed by atoms with Gasteiger partial charge in [-0.3, -0.25) is 0 Å². The predicted molar refractivity (Wildman–Crippen MR) is 62.0 cm³/mol. The summed E-state index contributed by atoms with van der Waals surface area (Å²) in [6.45, 7) is 3.56. The van der Waals surface area contributed by atoms with Crippen LogP contribution in [0.4, 0.5) is 0 Å². The molecule has 0 spiro atoms. The number of hydrogen-bond acceptors (Lipinski definition) is 1. The second-order valence-electron chi connectivity index (χ2n) is 3.27. The topological polar surface area (TPSA) is 37.3 Å². The summed E-state index contributed by atoms with van der Waals surface area (Å²) in [5.41, 5.74) is 2.15. The van der Waals surface area contributed by atoms with E-state index in [0.29, 0.717) is 17.0 Å².